The maximum absolute atomic E-state index is 13.0. The number of ether oxygens (including phenoxy) is 1. The van der Waals surface area contributed by atoms with Crippen molar-refractivity contribution in [1.82, 2.24) is 4.57 Å². The molecule has 0 radical (unpaired) electrons. The van der Waals surface area contributed by atoms with Crippen LogP contribution >= 0.6 is 0 Å². The van der Waals surface area contributed by atoms with Crippen molar-refractivity contribution in [3.05, 3.63) is 64.3 Å². The zero-order chi connectivity index (χ0) is 13.7. The lowest BCUT2D eigenvalue weighted by Crippen LogP contribution is -2.20. The summed E-state index contributed by atoms with van der Waals surface area (Å²) in [6.45, 7) is 2.95. The van der Waals surface area contributed by atoms with E-state index in [1.54, 1.807) is 0 Å². The zero-order valence-electron chi connectivity index (χ0n) is 10.8. The number of benzene rings is 1. The highest BCUT2D eigenvalue weighted by Crippen LogP contribution is 2.11. The third-order valence-corrected chi connectivity index (χ3v) is 2.78. The highest BCUT2D eigenvalue weighted by atomic mass is 19.1. The minimum absolute atomic E-state index is 0.197. The van der Waals surface area contributed by atoms with Crippen molar-refractivity contribution in [2.24, 2.45) is 0 Å². The van der Waals surface area contributed by atoms with Gasteiger partial charge in [0.1, 0.15) is 11.6 Å². The van der Waals surface area contributed by atoms with Crippen LogP contribution in [0.5, 0.6) is 5.75 Å². The molecule has 0 N–H and O–H groups in total. The van der Waals surface area contributed by atoms with Gasteiger partial charge in [-0.25, -0.2) is 4.39 Å². The molecule has 0 saturated carbocycles. The molecule has 2 aromatic rings. The largest absolute Gasteiger partial charge is 0.494 e. The minimum atomic E-state index is -0.404. The first kappa shape index (κ1) is 13.3. The van der Waals surface area contributed by atoms with Gasteiger partial charge in [-0.05, 0) is 31.5 Å². The van der Waals surface area contributed by atoms with E-state index in [0.29, 0.717) is 19.6 Å². The van der Waals surface area contributed by atoms with Gasteiger partial charge in [0.2, 0.25) is 0 Å². The monoisotopic (exact) mass is 261 g/mol. The van der Waals surface area contributed by atoms with E-state index >= 15 is 0 Å². The quantitative estimate of drug-likeness (QED) is 0.775. The van der Waals surface area contributed by atoms with Crippen LogP contribution in [0.4, 0.5) is 4.39 Å². The molecule has 1 heterocycles. The summed E-state index contributed by atoms with van der Waals surface area (Å²) < 4.78 is 19.9. The average molecular weight is 261 g/mol. The Kier molecular flexibility index (Phi) is 4.34. The fraction of sp³-hybridized carbons (Fsp3) is 0.267. The number of aryl methyl sites for hydroxylation is 2. The van der Waals surface area contributed by atoms with Gasteiger partial charge < -0.3 is 9.30 Å². The van der Waals surface area contributed by atoms with Crippen molar-refractivity contribution in [1.29, 1.82) is 0 Å². The Morgan fingerprint density at radius 1 is 1.16 bits per heavy atom. The third-order valence-electron chi connectivity index (χ3n) is 2.78. The van der Waals surface area contributed by atoms with Crippen LogP contribution in [0, 0.1) is 12.7 Å². The van der Waals surface area contributed by atoms with Crippen molar-refractivity contribution in [3.8, 4) is 5.75 Å². The van der Waals surface area contributed by atoms with Gasteiger partial charge in [-0.2, -0.15) is 0 Å². The van der Waals surface area contributed by atoms with E-state index < -0.39 is 5.82 Å². The van der Waals surface area contributed by atoms with Crippen LogP contribution < -0.4 is 10.3 Å². The van der Waals surface area contributed by atoms with Gasteiger partial charge >= 0.3 is 0 Å². The Balaban J connectivity index is 1.82. The van der Waals surface area contributed by atoms with E-state index in [1.807, 2.05) is 31.2 Å². The lowest BCUT2D eigenvalue weighted by molar-refractivity contribution is 0.300. The second-order valence-electron chi connectivity index (χ2n) is 4.39. The van der Waals surface area contributed by atoms with Gasteiger partial charge in [0.25, 0.3) is 5.56 Å². The zero-order valence-corrected chi connectivity index (χ0v) is 10.8. The number of hydrogen-bond donors (Lipinski definition) is 0. The molecule has 1 aromatic heterocycles. The third kappa shape index (κ3) is 3.95. The first-order valence-corrected chi connectivity index (χ1v) is 6.20. The van der Waals surface area contributed by atoms with E-state index in [9.17, 15) is 9.18 Å². The minimum Gasteiger partial charge on any atom is -0.494 e. The maximum atomic E-state index is 13.0. The molecule has 0 fully saturated rings. The molecule has 0 amide bonds. The molecule has 0 spiro atoms. The molecule has 100 valence electrons. The standard InChI is InChI=1S/C15H16FNO2/c1-12-3-6-14(7-4-12)19-10-2-9-17-11-13(16)5-8-15(17)18/h3-8,11H,2,9-10H2,1H3. The summed E-state index contributed by atoms with van der Waals surface area (Å²) in [5, 5.41) is 0. The van der Waals surface area contributed by atoms with E-state index in [1.165, 1.54) is 28.5 Å². The highest BCUT2D eigenvalue weighted by molar-refractivity contribution is 5.26. The predicted octanol–water partition coefficient (Wildman–Crippen LogP) is 2.76. The molecule has 3 nitrogen and oxygen atoms in total. The summed E-state index contributed by atoms with van der Waals surface area (Å²) in [6, 6.07) is 10.2. The smallest absolute Gasteiger partial charge is 0.250 e. The fourth-order valence-corrected chi connectivity index (χ4v) is 1.74. The average Bonchev–Trinajstić information content (AvgIpc) is 2.40. The summed E-state index contributed by atoms with van der Waals surface area (Å²) in [7, 11) is 0. The van der Waals surface area contributed by atoms with E-state index in [2.05, 4.69) is 0 Å². The molecular formula is C15H16FNO2. The van der Waals surface area contributed by atoms with E-state index in [-0.39, 0.29) is 5.56 Å². The molecule has 0 aliphatic carbocycles. The van der Waals surface area contributed by atoms with Gasteiger partial charge in [-0.15, -0.1) is 0 Å². The van der Waals surface area contributed by atoms with Crippen molar-refractivity contribution in [2.75, 3.05) is 6.61 Å². The topological polar surface area (TPSA) is 31.2 Å². The van der Waals surface area contributed by atoms with Crippen LogP contribution in [0.3, 0.4) is 0 Å². The highest BCUT2D eigenvalue weighted by Gasteiger charge is 1.99. The van der Waals surface area contributed by atoms with Gasteiger partial charge in [0, 0.05) is 18.8 Å². The second kappa shape index (κ2) is 6.18. The normalized spacial score (nSPS) is 10.4. The summed E-state index contributed by atoms with van der Waals surface area (Å²) in [6.07, 6.45) is 1.87. The van der Waals surface area contributed by atoms with Crippen LogP contribution in [0.1, 0.15) is 12.0 Å². The summed E-state index contributed by atoms with van der Waals surface area (Å²) in [4.78, 5) is 11.4. The summed E-state index contributed by atoms with van der Waals surface area (Å²) in [5.41, 5.74) is 0.982. The Bertz CT molecular complexity index is 590. The van der Waals surface area contributed by atoms with Crippen LogP contribution in [0.25, 0.3) is 0 Å². The Morgan fingerprint density at radius 2 is 1.89 bits per heavy atom. The van der Waals surface area contributed by atoms with Gasteiger partial charge in [-0.1, -0.05) is 17.7 Å². The van der Waals surface area contributed by atoms with Gasteiger partial charge in [-0.3, -0.25) is 4.79 Å². The summed E-state index contributed by atoms with van der Waals surface area (Å²) >= 11 is 0. The number of hydrogen-bond acceptors (Lipinski definition) is 2. The lowest BCUT2D eigenvalue weighted by Gasteiger charge is -2.08. The Morgan fingerprint density at radius 3 is 2.63 bits per heavy atom. The fourth-order valence-electron chi connectivity index (χ4n) is 1.74. The number of rotatable bonds is 5. The molecule has 0 saturated heterocycles. The molecule has 0 bridgehead atoms. The molecule has 0 aliphatic heterocycles. The number of pyridine rings is 1. The number of nitrogens with zero attached hydrogens (tertiary/aromatic N) is 1. The van der Waals surface area contributed by atoms with Gasteiger partial charge in [0.05, 0.1) is 6.61 Å². The van der Waals surface area contributed by atoms with E-state index in [4.69, 9.17) is 4.74 Å². The molecule has 0 atom stereocenters. The van der Waals surface area contributed by atoms with Crippen LogP contribution in [-0.4, -0.2) is 11.2 Å². The second-order valence-corrected chi connectivity index (χ2v) is 4.39. The molecule has 4 heteroatoms. The van der Waals surface area contributed by atoms with Crippen LogP contribution in [-0.2, 0) is 6.54 Å². The lowest BCUT2D eigenvalue weighted by atomic mass is 10.2. The first-order valence-electron chi connectivity index (χ1n) is 6.20. The Labute approximate surface area is 111 Å². The maximum Gasteiger partial charge on any atom is 0.250 e. The first-order chi connectivity index (χ1) is 9.15. The molecule has 19 heavy (non-hydrogen) atoms. The van der Waals surface area contributed by atoms with Crippen LogP contribution in [0.15, 0.2) is 47.4 Å². The Hall–Kier alpha value is -2.10. The number of aromatic nitrogens is 1. The van der Waals surface area contributed by atoms with Crippen molar-refractivity contribution in [3.63, 3.8) is 0 Å². The van der Waals surface area contributed by atoms with Crippen LogP contribution in [0.2, 0.25) is 0 Å². The predicted molar refractivity (Wildman–Crippen MR) is 72.0 cm³/mol. The molecule has 1 aromatic carbocycles. The molecule has 0 unspecified atom stereocenters. The summed E-state index contributed by atoms with van der Waals surface area (Å²) in [5.74, 6) is 0.399. The van der Waals surface area contributed by atoms with Crippen molar-refractivity contribution < 1.29 is 9.13 Å². The molecular weight excluding hydrogens is 245 g/mol. The van der Waals surface area contributed by atoms with E-state index in [0.717, 1.165) is 5.75 Å². The van der Waals surface area contributed by atoms with Crippen molar-refractivity contribution >= 4 is 0 Å². The SMILES string of the molecule is Cc1ccc(OCCCn2cc(F)ccc2=O)cc1. The van der Waals surface area contributed by atoms with Gasteiger partial charge in [0.15, 0.2) is 0 Å². The molecule has 0 aliphatic rings. The number of halogens is 1. The van der Waals surface area contributed by atoms with Crippen molar-refractivity contribution in [2.45, 2.75) is 19.9 Å². The molecule has 2 rings (SSSR count).